The SMILES string of the molecule is CSCCN1CC(CN)C1. The molecule has 2 nitrogen and oxygen atoms in total. The Kier molecular flexibility index (Phi) is 3.52. The number of nitrogens with zero attached hydrogens (tertiary/aromatic N) is 1. The molecule has 2 N–H and O–H groups in total. The minimum absolute atomic E-state index is 0.793. The van der Waals surface area contributed by atoms with Crippen LogP contribution in [-0.4, -0.2) is 43.1 Å². The first-order valence-corrected chi connectivity index (χ1v) is 5.17. The van der Waals surface area contributed by atoms with E-state index < -0.39 is 0 Å². The first-order valence-electron chi connectivity index (χ1n) is 3.78. The maximum absolute atomic E-state index is 5.49. The van der Waals surface area contributed by atoms with Gasteiger partial charge in [-0.15, -0.1) is 0 Å². The van der Waals surface area contributed by atoms with Gasteiger partial charge in [-0.25, -0.2) is 0 Å². The summed E-state index contributed by atoms with van der Waals surface area (Å²) in [5, 5.41) is 0. The largest absolute Gasteiger partial charge is 0.330 e. The Morgan fingerprint density at radius 1 is 1.60 bits per heavy atom. The molecule has 1 fully saturated rings. The zero-order valence-corrected chi connectivity index (χ0v) is 7.36. The fourth-order valence-electron chi connectivity index (χ4n) is 1.23. The lowest BCUT2D eigenvalue weighted by Gasteiger charge is -2.38. The molecule has 0 spiro atoms. The molecule has 60 valence electrons. The number of thioether (sulfide) groups is 1. The second-order valence-corrected chi connectivity index (χ2v) is 3.84. The van der Waals surface area contributed by atoms with E-state index in [4.69, 9.17) is 5.73 Å². The van der Waals surface area contributed by atoms with E-state index in [1.807, 2.05) is 11.8 Å². The van der Waals surface area contributed by atoms with Crippen molar-refractivity contribution in [2.24, 2.45) is 11.7 Å². The van der Waals surface area contributed by atoms with Gasteiger partial charge in [0.15, 0.2) is 0 Å². The molecule has 1 rings (SSSR count). The molecule has 1 heterocycles. The average molecular weight is 160 g/mol. The van der Waals surface area contributed by atoms with Crippen LogP contribution >= 0.6 is 11.8 Å². The summed E-state index contributed by atoms with van der Waals surface area (Å²) in [6.45, 7) is 4.58. The second kappa shape index (κ2) is 4.21. The third kappa shape index (κ3) is 2.15. The number of nitrogens with two attached hydrogens (primary N) is 1. The van der Waals surface area contributed by atoms with Crippen LogP contribution in [0.4, 0.5) is 0 Å². The third-order valence-electron chi connectivity index (χ3n) is 1.98. The van der Waals surface area contributed by atoms with Gasteiger partial charge < -0.3 is 10.6 Å². The Labute approximate surface area is 67.1 Å². The lowest BCUT2D eigenvalue weighted by molar-refractivity contribution is 0.115. The zero-order valence-electron chi connectivity index (χ0n) is 6.55. The first kappa shape index (κ1) is 8.37. The molecule has 0 atom stereocenters. The third-order valence-corrected chi connectivity index (χ3v) is 2.57. The van der Waals surface area contributed by atoms with Gasteiger partial charge in [0.2, 0.25) is 0 Å². The highest BCUT2D eigenvalue weighted by molar-refractivity contribution is 7.98. The van der Waals surface area contributed by atoms with Gasteiger partial charge >= 0.3 is 0 Å². The lowest BCUT2D eigenvalue weighted by atomic mass is 10.0. The average Bonchev–Trinajstić information content (AvgIpc) is 1.86. The Hall–Kier alpha value is 0.270. The highest BCUT2D eigenvalue weighted by atomic mass is 32.2. The van der Waals surface area contributed by atoms with Crippen molar-refractivity contribution in [3.05, 3.63) is 0 Å². The van der Waals surface area contributed by atoms with E-state index in [0.29, 0.717) is 0 Å². The second-order valence-electron chi connectivity index (χ2n) is 2.85. The van der Waals surface area contributed by atoms with Crippen molar-refractivity contribution in [2.75, 3.05) is 38.2 Å². The van der Waals surface area contributed by atoms with E-state index in [1.165, 1.54) is 25.4 Å². The molecule has 0 amide bonds. The van der Waals surface area contributed by atoms with Crippen molar-refractivity contribution in [2.45, 2.75) is 0 Å². The summed E-state index contributed by atoms with van der Waals surface area (Å²) in [5.41, 5.74) is 5.49. The quantitative estimate of drug-likeness (QED) is 0.639. The molecule has 1 aliphatic heterocycles. The minimum Gasteiger partial charge on any atom is -0.330 e. The predicted molar refractivity (Wildman–Crippen MR) is 47.4 cm³/mol. The van der Waals surface area contributed by atoms with Crippen LogP contribution in [0.15, 0.2) is 0 Å². The highest BCUT2D eigenvalue weighted by Gasteiger charge is 2.23. The molecule has 0 radical (unpaired) electrons. The van der Waals surface area contributed by atoms with Crippen LogP contribution in [0.5, 0.6) is 0 Å². The smallest absolute Gasteiger partial charge is 0.00725 e. The van der Waals surface area contributed by atoms with Gasteiger partial charge in [-0.1, -0.05) is 0 Å². The molecule has 0 bridgehead atoms. The van der Waals surface area contributed by atoms with Gasteiger partial charge in [0, 0.05) is 25.4 Å². The van der Waals surface area contributed by atoms with E-state index in [-0.39, 0.29) is 0 Å². The standard InChI is InChI=1S/C7H16N2S/c1-10-3-2-9-5-7(4-8)6-9/h7H,2-6,8H2,1H3. The monoisotopic (exact) mass is 160 g/mol. The van der Waals surface area contributed by atoms with Crippen LogP contribution in [0.25, 0.3) is 0 Å². The summed E-state index contributed by atoms with van der Waals surface area (Å²) in [5.74, 6) is 2.05. The van der Waals surface area contributed by atoms with Crippen molar-refractivity contribution < 1.29 is 0 Å². The Morgan fingerprint density at radius 3 is 2.80 bits per heavy atom. The maximum atomic E-state index is 5.49. The van der Waals surface area contributed by atoms with Crippen LogP contribution in [-0.2, 0) is 0 Å². The molecular weight excluding hydrogens is 144 g/mol. The lowest BCUT2D eigenvalue weighted by Crippen LogP contribution is -2.50. The van der Waals surface area contributed by atoms with Gasteiger partial charge in [-0.3, -0.25) is 0 Å². The van der Waals surface area contributed by atoms with E-state index >= 15 is 0 Å². The van der Waals surface area contributed by atoms with Gasteiger partial charge in [0.25, 0.3) is 0 Å². The number of hydrogen-bond donors (Lipinski definition) is 1. The van der Waals surface area contributed by atoms with E-state index in [0.717, 1.165) is 12.5 Å². The van der Waals surface area contributed by atoms with Crippen LogP contribution in [0.2, 0.25) is 0 Å². The summed E-state index contributed by atoms with van der Waals surface area (Å²) < 4.78 is 0. The van der Waals surface area contributed by atoms with Crippen molar-refractivity contribution in [1.82, 2.24) is 4.90 Å². The maximum Gasteiger partial charge on any atom is 0.00725 e. The molecule has 0 aromatic rings. The molecular formula is C7H16N2S. The molecule has 0 aromatic carbocycles. The summed E-state index contributed by atoms with van der Waals surface area (Å²) in [6.07, 6.45) is 2.15. The van der Waals surface area contributed by atoms with Crippen LogP contribution in [0.3, 0.4) is 0 Å². The molecule has 10 heavy (non-hydrogen) atoms. The summed E-state index contributed by atoms with van der Waals surface area (Å²) >= 11 is 1.92. The van der Waals surface area contributed by atoms with Crippen molar-refractivity contribution in [1.29, 1.82) is 0 Å². The van der Waals surface area contributed by atoms with Crippen molar-refractivity contribution in [3.63, 3.8) is 0 Å². The van der Waals surface area contributed by atoms with E-state index in [2.05, 4.69) is 11.2 Å². The van der Waals surface area contributed by atoms with Crippen LogP contribution in [0, 0.1) is 5.92 Å². The number of likely N-dealkylation sites (tertiary alicyclic amines) is 1. The van der Waals surface area contributed by atoms with Crippen molar-refractivity contribution in [3.8, 4) is 0 Å². The normalized spacial score (nSPS) is 21.0. The first-order chi connectivity index (χ1) is 4.86. The zero-order chi connectivity index (χ0) is 7.40. The van der Waals surface area contributed by atoms with Gasteiger partial charge in [0.05, 0.1) is 0 Å². The van der Waals surface area contributed by atoms with Gasteiger partial charge in [-0.05, 0) is 18.7 Å². The predicted octanol–water partition coefficient (Wildman–Crippen LogP) is 0.240. The fraction of sp³-hybridized carbons (Fsp3) is 1.00. The summed E-state index contributed by atoms with van der Waals surface area (Å²) in [6, 6.07) is 0. The highest BCUT2D eigenvalue weighted by Crippen LogP contribution is 2.13. The number of hydrogen-bond acceptors (Lipinski definition) is 3. The summed E-state index contributed by atoms with van der Waals surface area (Å²) in [4.78, 5) is 2.47. The molecule has 1 aliphatic rings. The summed E-state index contributed by atoms with van der Waals surface area (Å²) in [7, 11) is 0. The topological polar surface area (TPSA) is 29.3 Å². The molecule has 3 heteroatoms. The molecule has 0 aliphatic carbocycles. The number of rotatable bonds is 4. The van der Waals surface area contributed by atoms with Gasteiger partial charge in [0.1, 0.15) is 0 Å². The van der Waals surface area contributed by atoms with E-state index in [1.54, 1.807) is 0 Å². The van der Waals surface area contributed by atoms with Crippen molar-refractivity contribution >= 4 is 11.8 Å². The fourth-order valence-corrected chi connectivity index (χ4v) is 1.67. The van der Waals surface area contributed by atoms with E-state index in [9.17, 15) is 0 Å². The van der Waals surface area contributed by atoms with Gasteiger partial charge in [-0.2, -0.15) is 11.8 Å². The Morgan fingerprint density at radius 2 is 2.30 bits per heavy atom. The molecule has 0 saturated carbocycles. The molecule has 0 aromatic heterocycles. The Bertz CT molecular complexity index is 88.9. The van der Waals surface area contributed by atoms with Crippen LogP contribution < -0.4 is 5.73 Å². The van der Waals surface area contributed by atoms with Crippen LogP contribution in [0.1, 0.15) is 0 Å². The molecule has 1 saturated heterocycles. The molecule has 0 unspecified atom stereocenters. The Balaban J connectivity index is 1.93. The minimum atomic E-state index is 0.793.